The van der Waals surface area contributed by atoms with Crippen LogP contribution in [-0.4, -0.2) is 38.7 Å². The molecule has 1 aromatic heterocycles. The van der Waals surface area contributed by atoms with Crippen LogP contribution in [0.3, 0.4) is 0 Å². The van der Waals surface area contributed by atoms with E-state index in [-0.39, 0.29) is 30.7 Å². The van der Waals surface area contributed by atoms with Gasteiger partial charge in [-0.2, -0.15) is 0 Å². The van der Waals surface area contributed by atoms with Gasteiger partial charge in [-0.25, -0.2) is 4.98 Å². The molecule has 0 aliphatic carbocycles. The maximum atomic E-state index is 12.4. The number of aromatic nitrogens is 2. The summed E-state index contributed by atoms with van der Waals surface area (Å²) in [7, 11) is 0. The number of amides is 3. The molecule has 0 bridgehead atoms. The van der Waals surface area contributed by atoms with Gasteiger partial charge >= 0.3 is 0 Å². The van der Waals surface area contributed by atoms with Gasteiger partial charge in [0.1, 0.15) is 5.82 Å². The maximum Gasteiger partial charge on any atom is 0.261 e. The minimum absolute atomic E-state index is 0.146. The van der Waals surface area contributed by atoms with Crippen LogP contribution in [0, 0.1) is 0 Å². The number of hydrogen-bond donors (Lipinski definition) is 1. The average Bonchev–Trinajstić information content (AvgIpc) is 3.45. The van der Waals surface area contributed by atoms with Crippen molar-refractivity contribution in [1.82, 2.24) is 14.5 Å². The monoisotopic (exact) mass is 414 g/mol. The van der Waals surface area contributed by atoms with E-state index in [1.54, 1.807) is 24.3 Å². The zero-order valence-electron chi connectivity index (χ0n) is 17.0. The normalized spacial score (nSPS) is 14.6. The molecule has 7 heteroatoms. The predicted octanol–water partition coefficient (Wildman–Crippen LogP) is 3.51. The fourth-order valence-corrected chi connectivity index (χ4v) is 4.31. The Balaban J connectivity index is 1.18. The molecule has 7 nitrogen and oxygen atoms in total. The lowest BCUT2D eigenvalue weighted by atomic mass is 10.1. The van der Waals surface area contributed by atoms with E-state index in [0.29, 0.717) is 17.5 Å². The van der Waals surface area contributed by atoms with Crippen molar-refractivity contribution >= 4 is 23.4 Å². The fraction of sp³-hybridized carbons (Fsp3) is 0.250. The lowest BCUT2D eigenvalue weighted by Crippen LogP contribution is -2.31. The number of carbonyl (C=O) groups excluding carboxylic acids is 3. The number of anilines is 1. The van der Waals surface area contributed by atoms with Crippen molar-refractivity contribution < 1.29 is 14.4 Å². The molecule has 2 aromatic carbocycles. The quantitative estimate of drug-likeness (QED) is 0.626. The molecule has 0 spiro atoms. The Kier molecular flexibility index (Phi) is 4.86. The first-order chi connectivity index (χ1) is 15.1. The molecule has 0 saturated carbocycles. The highest BCUT2D eigenvalue weighted by atomic mass is 16.2. The molecule has 0 saturated heterocycles. The van der Waals surface area contributed by atoms with Crippen molar-refractivity contribution in [2.75, 3.05) is 11.9 Å². The molecule has 0 fully saturated rings. The third kappa shape index (κ3) is 3.52. The van der Waals surface area contributed by atoms with E-state index >= 15 is 0 Å². The summed E-state index contributed by atoms with van der Waals surface area (Å²) >= 11 is 0. The van der Waals surface area contributed by atoms with Crippen LogP contribution < -0.4 is 5.32 Å². The first kappa shape index (κ1) is 19.2. The molecule has 1 N–H and O–H groups in total. The van der Waals surface area contributed by atoms with E-state index in [1.165, 1.54) is 4.90 Å². The second kappa shape index (κ2) is 7.83. The van der Waals surface area contributed by atoms with Crippen molar-refractivity contribution in [3.8, 4) is 11.3 Å². The van der Waals surface area contributed by atoms with Crippen molar-refractivity contribution in [2.45, 2.75) is 32.2 Å². The molecule has 0 unspecified atom stereocenters. The number of nitrogens with one attached hydrogen (secondary N) is 1. The topological polar surface area (TPSA) is 84.3 Å². The number of imidazole rings is 1. The minimum atomic E-state index is -0.290. The van der Waals surface area contributed by atoms with Crippen molar-refractivity contribution in [2.24, 2.45) is 0 Å². The Hall–Kier alpha value is -3.74. The first-order valence-corrected chi connectivity index (χ1v) is 10.5. The van der Waals surface area contributed by atoms with Crippen LogP contribution in [0.1, 0.15) is 45.8 Å². The highest BCUT2D eigenvalue weighted by molar-refractivity contribution is 6.21. The second-order valence-electron chi connectivity index (χ2n) is 7.85. The summed E-state index contributed by atoms with van der Waals surface area (Å²) in [6, 6.07) is 14.5. The summed E-state index contributed by atoms with van der Waals surface area (Å²) in [5.41, 5.74) is 3.66. The highest BCUT2D eigenvalue weighted by Gasteiger charge is 2.34. The van der Waals surface area contributed by atoms with Gasteiger partial charge in [0.25, 0.3) is 11.8 Å². The molecular weight excluding hydrogens is 392 g/mol. The summed E-state index contributed by atoms with van der Waals surface area (Å²) < 4.78 is 2.23. The summed E-state index contributed by atoms with van der Waals surface area (Å²) in [5, 5.41) is 2.92. The van der Waals surface area contributed by atoms with Crippen LogP contribution in [0.2, 0.25) is 0 Å². The molecule has 3 amide bonds. The lowest BCUT2D eigenvalue weighted by molar-refractivity contribution is -0.116. The Morgan fingerprint density at radius 3 is 2.58 bits per heavy atom. The second-order valence-corrected chi connectivity index (χ2v) is 7.85. The van der Waals surface area contributed by atoms with Crippen LogP contribution in [0.4, 0.5) is 5.69 Å². The van der Waals surface area contributed by atoms with Crippen LogP contribution in [0.25, 0.3) is 11.3 Å². The number of fused-ring (bicyclic) bond motifs is 2. The van der Waals surface area contributed by atoms with Crippen LogP contribution in [-0.2, 0) is 17.8 Å². The molecule has 5 rings (SSSR count). The van der Waals surface area contributed by atoms with Crippen molar-refractivity contribution in [3.05, 3.63) is 71.7 Å². The van der Waals surface area contributed by atoms with Crippen LogP contribution >= 0.6 is 0 Å². The average molecular weight is 414 g/mol. The maximum absolute atomic E-state index is 12.4. The molecule has 0 radical (unpaired) electrons. The van der Waals surface area contributed by atoms with E-state index < -0.39 is 0 Å². The Labute approximate surface area is 179 Å². The Morgan fingerprint density at radius 1 is 1.03 bits per heavy atom. The van der Waals surface area contributed by atoms with Gasteiger partial charge in [-0.05, 0) is 37.1 Å². The van der Waals surface area contributed by atoms with Gasteiger partial charge in [-0.15, -0.1) is 0 Å². The van der Waals surface area contributed by atoms with Gasteiger partial charge < -0.3 is 9.88 Å². The number of imide groups is 1. The van der Waals surface area contributed by atoms with Crippen molar-refractivity contribution in [1.29, 1.82) is 0 Å². The van der Waals surface area contributed by atoms with E-state index in [1.807, 2.05) is 30.5 Å². The Bertz CT molecular complexity index is 1160. The number of aryl methyl sites for hydroxylation is 1. The summed E-state index contributed by atoms with van der Waals surface area (Å²) in [6.07, 6.45) is 4.63. The zero-order valence-corrected chi connectivity index (χ0v) is 17.0. The van der Waals surface area contributed by atoms with Crippen molar-refractivity contribution in [3.63, 3.8) is 0 Å². The summed E-state index contributed by atoms with van der Waals surface area (Å²) in [6.45, 7) is 1.20. The van der Waals surface area contributed by atoms with Gasteiger partial charge in [0.05, 0.1) is 23.0 Å². The standard InChI is InChI=1S/C24H22N4O3/c29-22(11-5-13-28-23(30)18-8-1-2-9-19(18)24(28)31)26-17-7-3-6-16(14-17)20-15-25-21-10-4-12-27(20)21/h1-3,6-9,14-15H,4-5,10-13H2,(H,26,29). The number of benzene rings is 2. The van der Waals surface area contributed by atoms with Gasteiger partial charge in [0.2, 0.25) is 5.91 Å². The minimum Gasteiger partial charge on any atom is -0.328 e. The third-order valence-electron chi connectivity index (χ3n) is 5.83. The molecule has 2 aliphatic heterocycles. The van der Waals surface area contributed by atoms with Gasteiger partial charge in [0, 0.05) is 37.2 Å². The number of hydrogen-bond acceptors (Lipinski definition) is 4. The Morgan fingerprint density at radius 2 is 1.81 bits per heavy atom. The lowest BCUT2D eigenvalue weighted by Gasteiger charge is -2.13. The van der Waals surface area contributed by atoms with Gasteiger partial charge in [-0.3, -0.25) is 19.3 Å². The largest absolute Gasteiger partial charge is 0.328 e. The molecular formula is C24H22N4O3. The summed E-state index contributed by atoms with van der Waals surface area (Å²) in [4.78, 5) is 42.9. The molecule has 31 heavy (non-hydrogen) atoms. The number of carbonyl (C=O) groups is 3. The van der Waals surface area contributed by atoms with Gasteiger partial charge in [-0.1, -0.05) is 24.3 Å². The number of nitrogens with zero attached hydrogens (tertiary/aromatic N) is 3. The summed E-state index contributed by atoms with van der Waals surface area (Å²) in [5.74, 6) is 0.383. The third-order valence-corrected chi connectivity index (χ3v) is 5.83. The molecule has 2 aliphatic rings. The van der Waals surface area contributed by atoms with E-state index in [4.69, 9.17) is 0 Å². The number of rotatable bonds is 6. The predicted molar refractivity (Wildman–Crippen MR) is 116 cm³/mol. The first-order valence-electron chi connectivity index (χ1n) is 10.5. The van der Waals surface area contributed by atoms with E-state index in [2.05, 4.69) is 14.9 Å². The van der Waals surface area contributed by atoms with Crippen LogP contribution in [0.5, 0.6) is 0 Å². The van der Waals surface area contributed by atoms with E-state index in [0.717, 1.165) is 42.2 Å². The SMILES string of the molecule is O=C(CCCN1C(=O)c2ccccc2C1=O)Nc1cccc(-c2cnc3n2CCC3)c1. The van der Waals surface area contributed by atoms with Gasteiger partial charge in [0.15, 0.2) is 0 Å². The van der Waals surface area contributed by atoms with Crippen LogP contribution in [0.15, 0.2) is 54.7 Å². The fourth-order valence-electron chi connectivity index (χ4n) is 4.31. The molecule has 3 aromatic rings. The molecule has 0 atom stereocenters. The van der Waals surface area contributed by atoms with E-state index in [9.17, 15) is 14.4 Å². The zero-order chi connectivity index (χ0) is 21.4. The highest BCUT2D eigenvalue weighted by Crippen LogP contribution is 2.27. The smallest absolute Gasteiger partial charge is 0.261 e. The molecule has 3 heterocycles. The molecule has 156 valence electrons.